The molecule has 3 unspecified atom stereocenters. The van der Waals surface area contributed by atoms with Gasteiger partial charge in [0.05, 0.1) is 31.8 Å². The van der Waals surface area contributed by atoms with E-state index >= 15 is 0 Å². The summed E-state index contributed by atoms with van der Waals surface area (Å²) in [5.74, 6) is 0.229. The lowest BCUT2D eigenvalue weighted by molar-refractivity contribution is -0.226. The number of esters is 1. The molecule has 2 heterocycles. The van der Waals surface area contributed by atoms with Crippen molar-refractivity contribution in [3.8, 4) is 5.75 Å². The lowest BCUT2D eigenvalue weighted by Gasteiger charge is -2.32. The molecule has 4 rings (SSSR count). The number of carbonyl (C=O) groups excluding carboxylic acids is 2. The van der Waals surface area contributed by atoms with Gasteiger partial charge in [-0.05, 0) is 82.1 Å². The van der Waals surface area contributed by atoms with Crippen LogP contribution < -0.4 is 4.74 Å². The summed E-state index contributed by atoms with van der Waals surface area (Å²) in [5, 5.41) is 0.636. The van der Waals surface area contributed by atoms with Crippen molar-refractivity contribution in [3.63, 3.8) is 0 Å². The first-order valence-electron chi connectivity index (χ1n) is 15.3. The van der Waals surface area contributed by atoms with Crippen LogP contribution >= 0.6 is 11.6 Å². The first-order chi connectivity index (χ1) is 20.5. The highest BCUT2D eigenvalue weighted by molar-refractivity contribution is 6.30. The molecule has 234 valence electrons. The Morgan fingerprint density at radius 1 is 1.02 bits per heavy atom. The Morgan fingerprint density at radius 2 is 1.76 bits per heavy atom. The molecule has 6 atom stereocenters. The van der Waals surface area contributed by atoms with Gasteiger partial charge in [0.1, 0.15) is 24.2 Å². The predicted molar refractivity (Wildman–Crippen MR) is 156 cm³/mol. The van der Waals surface area contributed by atoms with Gasteiger partial charge >= 0.3 is 5.97 Å². The van der Waals surface area contributed by atoms with Crippen LogP contribution in [0, 0.1) is 5.92 Å². The van der Waals surface area contributed by atoms with E-state index in [-0.39, 0.29) is 49.9 Å². The molecule has 42 heavy (non-hydrogen) atoms. The molecule has 0 N–H and O–H groups in total. The van der Waals surface area contributed by atoms with E-state index in [2.05, 4.69) is 0 Å². The Hall–Kier alpha value is -2.01. The second kappa shape index (κ2) is 18.0. The van der Waals surface area contributed by atoms with E-state index in [0.717, 1.165) is 44.9 Å². The summed E-state index contributed by atoms with van der Waals surface area (Å²) in [6.45, 7) is 1.80. The normalized spacial score (nSPS) is 27.3. The molecule has 0 bridgehead atoms. The van der Waals surface area contributed by atoms with Crippen LogP contribution in [0.3, 0.4) is 0 Å². The largest absolute Gasteiger partial charge is 0.491 e. The molecule has 1 aromatic carbocycles. The fourth-order valence-electron chi connectivity index (χ4n) is 5.46. The molecule has 1 aromatic rings. The molecule has 10 heteroatoms. The highest BCUT2D eigenvalue weighted by atomic mass is 35.5. The summed E-state index contributed by atoms with van der Waals surface area (Å²) in [6, 6.07) is 7.18. The number of rotatable bonds is 16. The molecule has 3 aliphatic rings. The average Bonchev–Trinajstić information content (AvgIpc) is 3.30. The lowest BCUT2D eigenvalue weighted by atomic mass is 9.99. The standard InChI is InChI=1S/C32H45ClO9/c1-36-29(35)11-5-3-2-4-10-26-27(34)20-28(42-31-13-7-9-19-38-31)32(26)40-22-25(41-30-12-6-8-18-37-30)21-39-24-16-14-23(33)15-17-24/h2,4,14-17,25-26,28,30-32H,3,5-13,18-22H2,1H3/t25?,26-,28+,30?,31?,32+/m0/s1. The Bertz CT molecular complexity index is 973. The van der Waals surface area contributed by atoms with Gasteiger partial charge in [0.15, 0.2) is 12.6 Å². The number of methoxy groups -OCH3 is 1. The summed E-state index contributed by atoms with van der Waals surface area (Å²) < 4.78 is 41.5. The number of ketones is 1. The van der Waals surface area contributed by atoms with Crippen LogP contribution in [0.1, 0.15) is 70.6 Å². The van der Waals surface area contributed by atoms with Crippen LogP contribution in [0.25, 0.3) is 0 Å². The number of allylic oxidation sites excluding steroid dienone is 2. The molecule has 1 aliphatic carbocycles. The van der Waals surface area contributed by atoms with Crippen LogP contribution in [-0.4, -0.2) is 76.2 Å². The molecule has 3 fully saturated rings. The van der Waals surface area contributed by atoms with E-state index in [1.165, 1.54) is 7.11 Å². The van der Waals surface area contributed by atoms with Crippen LogP contribution in [-0.2, 0) is 38.0 Å². The Balaban J connectivity index is 1.39. The van der Waals surface area contributed by atoms with Crippen molar-refractivity contribution in [3.05, 3.63) is 41.4 Å². The van der Waals surface area contributed by atoms with Crippen molar-refractivity contribution >= 4 is 23.4 Å². The van der Waals surface area contributed by atoms with E-state index in [1.54, 1.807) is 12.1 Å². The topological polar surface area (TPSA) is 98.8 Å². The molecule has 0 spiro atoms. The zero-order valence-corrected chi connectivity index (χ0v) is 25.3. The highest BCUT2D eigenvalue weighted by Crippen LogP contribution is 2.33. The molecule has 0 aromatic heterocycles. The Labute approximate surface area is 254 Å². The van der Waals surface area contributed by atoms with Gasteiger partial charge in [-0.3, -0.25) is 9.59 Å². The predicted octanol–water partition coefficient (Wildman–Crippen LogP) is 5.81. The maximum Gasteiger partial charge on any atom is 0.305 e. The summed E-state index contributed by atoms with van der Waals surface area (Å²) in [7, 11) is 1.39. The first-order valence-corrected chi connectivity index (χ1v) is 15.7. The fourth-order valence-corrected chi connectivity index (χ4v) is 5.59. The smallest absolute Gasteiger partial charge is 0.305 e. The maximum atomic E-state index is 13.2. The second-order valence-corrected chi connectivity index (χ2v) is 11.5. The zero-order valence-electron chi connectivity index (χ0n) is 24.6. The molecule has 2 aliphatic heterocycles. The van der Waals surface area contributed by atoms with Crippen LogP contribution in [0.15, 0.2) is 36.4 Å². The summed E-state index contributed by atoms with van der Waals surface area (Å²) in [4.78, 5) is 24.6. The lowest BCUT2D eigenvalue weighted by Crippen LogP contribution is -2.40. The molecule has 2 saturated heterocycles. The van der Waals surface area contributed by atoms with Crippen molar-refractivity contribution in [2.75, 3.05) is 33.5 Å². The number of hydrogen-bond acceptors (Lipinski definition) is 9. The van der Waals surface area contributed by atoms with Gasteiger partial charge in [-0.15, -0.1) is 0 Å². The number of carbonyl (C=O) groups is 2. The van der Waals surface area contributed by atoms with Gasteiger partial charge in [0, 0.05) is 31.1 Å². The van der Waals surface area contributed by atoms with Crippen LogP contribution in [0.4, 0.5) is 0 Å². The monoisotopic (exact) mass is 608 g/mol. The van der Waals surface area contributed by atoms with Gasteiger partial charge in [-0.2, -0.15) is 0 Å². The number of Topliss-reactive ketones (excluding diaryl/α,β-unsaturated/α-hetero) is 1. The SMILES string of the molecule is COC(=O)CCCC=CC[C@H]1C(=O)C[C@@H](OC2CCCCO2)[C@@H]1OCC(COc1ccc(Cl)cc1)OC1CCCCO1. The minimum atomic E-state index is -0.448. The molecule has 0 radical (unpaired) electrons. The van der Waals surface area contributed by atoms with Gasteiger partial charge in [0.25, 0.3) is 0 Å². The summed E-state index contributed by atoms with van der Waals surface area (Å²) >= 11 is 6.03. The van der Waals surface area contributed by atoms with Gasteiger partial charge < -0.3 is 33.2 Å². The van der Waals surface area contributed by atoms with E-state index in [0.29, 0.717) is 43.2 Å². The molecule has 1 saturated carbocycles. The number of hydrogen-bond donors (Lipinski definition) is 0. The van der Waals surface area contributed by atoms with E-state index < -0.39 is 18.3 Å². The van der Waals surface area contributed by atoms with Crippen molar-refractivity contribution in [1.82, 2.24) is 0 Å². The maximum absolute atomic E-state index is 13.2. The first kappa shape index (κ1) is 32.9. The minimum Gasteiger partial charge on any atom is -0.491 e. The van der Waals surface area contributed by atoms with E-state index in [9.17, 15) is 9.59 Å². The van der Waals surface area contributed by atoms with Gasteiger partial charge in [-0.25, -0.2) is 0 Å². The van der Waals surface area contributed by atoms with E-state index in [1.807, 2.05) is 24.3 Å². The van der Waals surface area contributed by atoms with E-state index in [4.69, 9.17) is 44.8 Å². The zero-order chi connectivity index (χ0) is 29.6. The molecular weight excluding hydrogens is 564 g/mol. The second-order valence-electron chi connectivity index (χ2n) is 11.0. The average molecular weight is 609 g/mol. The van der Waals surface area contributed by atoms with Crippen LogP contribution in [0.5, 0.6) is 5.75 Å². The minimum absolute atomic E-state index is 0.116. The van der Waals surface area contributed by atoms with Crippen molar-refractivity contribution < 1.29 is 42.7 Å². The van der Waals surface area contributed by atoms with Crippen molar-refractivity contribution in [2.24, 2.45) is 5.92 Å². The van der Waals surface area contributed by atoms with Crippen molar-refractivity contribution in [1.29, 1.82) is 0 Å². The quantitative estimate of drug-likeness (QED) is 0.131. The summed E-state index contributed by atoms with van der Waals surface area (Å²) in [6.07, 6.45) is 10.5. The molecule has 0 amide bonds. The van der Waals surface area contributed by atoms with Gasteiger partial charge in [0.2, 0.25) is 0 Å². The Kier molecular flexibility index (Phi) is 14.1. The van der Waals surface area contributed by atoms with Crippen LogP contribution in [0.2, 0.25) is 5.02 Å². The number of unbranched alkanes of at least 4 members (excludes halogenated alkanes) is 1. The highest BCUT2D eigenvalue weighted by Gasteiger charge is 2.45. The number of halogens is 1. The number of benzene rings is 1. The third kappa shape index (κ3) is 10.9. The molecule has 9 nitrogen and oxygen atoms in total. The fraction of sp³-hybridized carbons (Fsp3) is 0.688. The van der Waals surface area contributed by atoms with Crippen molar-refractivity contribution in [2.45, 2.75) is 102 Å². The Morgan fingerprint density at radius 3 is 2.45 bits per heavy atom. The third-order valence-corrected chi connectivity index (χ3v) is 8.04. The third-order valence-electron chi connectivity index (χ3n) is 7.79. The number of ether oxygens (including phenoxy) is 7. The summed E-state index contributed by atoms with van der Waals surface area (Å²) in [5.41, 5.74) is 0. The van der Waals surface area contributed by atoms with Gasteiger partial charge in [-0.1, -0.05) is 23.8 Å². The molecular formula is C32H45ClO9.